The molecule has 2 aromatic heterocycles. The predicted molar refractivity (Wildman–Crippen MR) is 105 cm³/mol. The molecule has 1 aliphatic rings. The number of aromatic carboxylic acids is 1. The number of pyridine rings is 1. The summed E-state index contributed by atoms with van der Waals surface area (Å²) < 4.78 is 1.94. The number of aryl methyl sites for hydroxylation is 2. The van der Waals surface area contributed by atoms with E-state index < -0.39 is 11.4 Å². The van der Waals surface area contributed by atoms with E-state index in [4.69, 9.17) is 0 Å². The van der Waals surface area contributed by atoms with E-state index in [0.717, 1.165) is 16.3 Å². The third kappa shape index (κ3) is 2.79. The number of nitrogens with zero attached hydrogens (tertiary/aromatic N) is 1. The van der Waals surface area contributed by atoms with Crippen LogP contribution in [-0.4, -0.2) is 15.6 Å². The van der Waals surface area contributed by atoms with Crippen LogP contribution in [0.25, 0.3) is 5.69 Å². The Kier molecular flexibility index (Phi) is 4.25. The van der Waals surface area contributed by atoms with Crippen molar-refractivity contribution < 1.29 is 9.90 Å². The Morgan fingerprint density at radius 1 is 1.19 bits per heavy atom. The van der Waals surface area contributed by atoms with Crippen LogP contribution in [0.15, 0.2) is 52.2 Å². The van der Waals surface area contributed by atoms with E-state index in [1.807, 2.05) is 29.7 Å². The van der Waals surface area contributed by atoms with Crippen LogP contribution in [0.4, 0.5) is 0 Å². The molecule has 1 atom stereocenters. The molecule has 1 aliphatic heterocycles. The first-order valence-corrected chi connectivity index (χ1v) is 9.96. The molecule has 0 bridgehead atoms. The Balaban J connectivity index is 2.03. The number of fused-ring (bicyclic) bond motifs is 3. The molecule has 1 N–H and O–H groups in total. The molecule has 0 amide bonds. The number of carboxylic acid groups (broad SMARTS) is 1. The maximum Gasteiger partial charge on any atom is 0.341 e. The van der Waals surface area contributed by atoms with Crippen LogP contribution in [0.2, 0.25) is 0 Å². The number of benzene rings is 1. The zero-order valence-corrected chi connectivity index (χ0v) is 16.0. The Bertz CT molecular complexity index is 1080. The van der Waals surface area contributed by atoms with Gasteiger partial charge >= 0.3 is 5.97 Å². The normalized spacial score (nSPS) is 15.8. The third-order valence-electron chi connectivity index (χ3n) is 4.54. The van der Waals surface area contributed by atoms with Gasteiger partial charge in [0.25, 0.3) is 0 Å². The van der Waals surface area contributed by atoms with Crippen LogP contribution in [0.5, 0.6) is 0 Å². The lowest BCUT2D eigenvalue weighted by Crippen LogP contribution is -2.24. The number of rotatable bonds is 2. The molecular formula is C20H17NO3S2. The third-order valence-corrected chi connectivity index (χ3v) is 7.11. The Morgan fingerprint density at radius 3 is 2.65 bits per heavy atom. The summed E-state index contributed by atoms with van der Waals surface area (Å²) in [6.45, 7) is 3.92. The average Bonchev–Trinajstić information content (AvgIpc) is 2.93. The monoisotopic (exact) mass is 383 g/mol. The highest BCUT2D eigenvalue weighted by Crippen LogP contribution is 2.45. The lowest BCUT2D eigenvalue weighted by Gasteiger charge is -2.18. The van der Waals surface area contributed by atoms with E-state index in [2.05, 4.69) is 25.1 Å². The fourth-order valence-corrected chi connectivity index (χ4v) is 5.78. The summed E-state index contributed by atoms with van der Waals surface area (Å²) in [5.41, 5.74) is 1.73. The van der Waals surface area contributed by atoms with Crippen molar-refractivity contribution in [2.45, 2.75) is 30.4 Å². The topological polar surface area (TPSA) is 59.3 Å². The largest absolute Gasteiger partial charge is 0.477 e. The first-order valence-electron chi connectivity index (χ1n) is 8.27. The second-order valence-electron chi connectivity index (χ2n) is 6.34. The quantitative estimate of drug-likeness (QED) is 0.702. The lowest BCUT2D eigenvalue weighted by atomic mass is 10.1. The number of carboxylic acids is 1. The number of hydrogen-bond acceptors (Lipinski definition) is 4. The van der Waals surface area contributed by atoms with Crippen molar-refractivity contribution in [2.24, 2.45) is 0 Å². The molecule has 4 nitrogen and oxygen atoms in total. The van der Waals surface area contributed by atoms with Crippen LogP contribution in [-0.2, 0) is 6.42 Å². The molecule has 4 rings (SSSR count). The summed E-state index contributed by atoms with van der Waals surface area (Å²) in [7, 11) is 0. The Labute approximate surface area is 159 Å². The SMILES string of the molecule is Cc1ccc([C@@H]2Cc3c(C(=O)O)c(=O)cc(C)n3-c3ccccc3S2)s1. The molecule has 0 aliphatic carbocycles. The molecule has 6 heteroatoms. The van der Waals surface area contributed by atoms with Gasteiger partial charge in [0.15, 0.2) is 5.43 Å². The number of para-hydroxylation sites is 1. The summed E-state index contributed by atoms with van der Waals surface area (Å²) in [5.74, 6) is -1.16. The van der Waals surface area contributed by atoms with Gasteiger partial charge in [0, 0.05) is 43.8 Å². The predicted octanol–water partition coefficient (Wildman–Crippen LogP) is 4.60. The van der Waals surface area contributed by atoms with Gasteiger partial charge in [-0.1, -0.05) is 12.1 Å². The fraction of sp³-hybridized carbons (Fsp3) is 0.200. The highest BCUT2D eigenvalue weighted by molar-refractivity contribution is 7.99. The molecule has 0 fully saturated rings. The summed E-state index contributed by atoms with van der Waals surface area (Å²) in [5, 5.41) is 9.77. The molecule has 0 saturated carbocycles. The van der Waals surface area contributed by atoms with Gasteiger partial charge in [-0.2, -0.15) is 0 Å². The minimum absolute atomic E-state index is 0.0721. The van der Waals surface area contributed by atoms with E-state index in [1.165, 1.54) is 15.8 Å². The van der Waals surface area contributed by atoms with Crippen molar-refractivity contribution in [3.63, 3.8) is 0 Å². The summed E-state index contributed by atoms with van der Waals surface area (Å²) in [6.07, 6.45) is 0.498. The molecule has 0 spiro atoms. The Morgan fingerprint density at radius 2 is 1.96 bits per heavy atom. The van der Waals surface area contributed by atoms with Crippen LogP contribution in [0, 0.1) is 13.8 Å². The van der Waals surface area contributed by atoms with Crippen molar-refractivity contribution in [2.75, 3.05) is 0 Å². The van der Waals surface area contributed by atoms with Crippen LogP contribution in [0.3, 0.4) is 0 Å². The average molecular weight is 383 g/mol. The molecule has 3 aromatic rings. The van der Waals surface area contributed by atoms with Crippen molar-refractivity contribution in [3.05, 3.63) is 79.4 Å². The second-order valence-corrected chi connectivity index (χ2v) is 8.90. The number of thioether (sulfide) groups is 1. The zero-order chi connectivity index (χ0) is 18.4. The van der Waals surface area contributed by atoms with E-state index in [-0.39, 0.29) is 10.8 Å². The van der Waals surface area contributed by atoms with Gasteiger partial charge in [-0.25, -0.2) is 4.79 Å². The maximum absolute atomic E-state index is 12.4. The molecular weight excluding hydrogens is 366 g/mol. The van der Waals surface area contributed by atoms with Crippen molar-refractivity contribution in [1.29, 1.82) is 0 Å². The van der Waals surface area contributed by atoms with Crippen LogP contribution < -0.4 is 5.43 Å². The maximum atomic E-state index is 12.4. The molecule has 0 saturated heterocycles. The van der Waals surface area contributed by atoms with Crippen molar-refractivity contribution >= 4 is 29.1 Å². The molecule has 26 heavy (non-hydrogen) atoms. The molecule has 1 aromatic carbocycles. The van der Waals surface area contributed by atoms with Gasteiger partial charge < -0.3 is 9.67 Å². The lowest BCUT2D eigenvalue weighted by molar-refractivity contribution is 0.0693. The number of thiophene rings is 1. The Hall–Kier alpha value is -2.31. The first-order chi connectivity index (χ1) is 12.5. The van der Waals surface area contributed by atoms with E-state index in [0.29, 0.717) is 12.1 Å². The summed E-state index contributed by atoms with van der Waals surface area (Å²) >= 11 is 3.45. The van der Waals surface area contributed by atoms with Gasteiger partial charge in [0.1, 0.15) is 5.56 Å². The van der Waals surface area contributed by atoms with Crippen LogP contribution >= 0.6 is 23.1 Å². The molecule has 0 unspecified atom stereocenters. The van der Waals surface area contributed by atoms with E-state index in [9.17, 15) is 14.7 Å². The standard InChI is InChI=1S/C20H17NO3S2/c1-11-9-15(22)19(20(23)24)14-10-18(17-8-7-12(2)25-17)26-16-6-4-3-5-13(16)21(11)14/h3-9,18H,10H2,1-2H3,(H,23,24)/t18-/m0/s1. The fourth-order valence-electron chi connectivity index (χ4n) is 3.45. The molecule has 3 heterocycles. The van der Waals surface area contributed by atoms with E-state index >= 15 is 0 Å². The van der Waals surface area contributed by atoms with E-state index in [1.54, 1.807) is 23.1 Å². The zero-order valence-electron chi connectivity index (χ0n) is 14.4. The number of carbonyl (C=O) groups is 1. The van der Waals surface area contributed by atoms with Gasteiger partial charge in [-0.3, -0.25) is 4.79 Å². The van der Waals surface area contributed by atoms with Crippen molar-refractivity contribution in [3.8, 4) is 5.69 Å². The van der Waals surface area contributed by atoms with Crippen molar-refractivity contribution in [1.82, 2.24) is 4.57 Å². The summed E-state index contributed by atoms with van der Waals surface area (Å²) in [4.78, 5) is 27.8. The van der Waals surface area contributed by atoms with Gasteiger partial charge in [-0.15, -0.1) is 23.1 Å². The highest BCUT2D eigenvalue weighted by Gasteiger charge is 2.29. The molecule has 132 valence electrons. The van der Waals surface area contributed by atoms with Gasteiger partial charge in [0.05, 0.1) is 5.69 Å². The first kappa shape index (κ1) is 17.1. The minimum Gasteiger partial charge on any atom is -0.477 e. The van der Waals surface area contributed by atoms with Crippen LogP contribution in [0.1, 0.15) is 36.8 Å². The molecule has 0 radical (unpaired) electrons. The van der Waals surface area contributed by atoms with Gasteiger partial charge in [0.2, 0.25) is 0 Å². The highest BCUT2D eigenvalue weighted by atomic mass is 32.2. The minimum atomic E-state index is -1.16. The number of hydrogen-bond donors (Lipinski definition) is 1. The second kappa shape index (κ2) is 6.45. The smallest absolute Gasteiger partial charge is 0.341 e. The number of aromatic nitrogens is 1. The van der Waals surface area contributed by atoms with Gasteiger partial charge in [-0.05, 0) is 38.1 Å². The summed E-state index contributed by atoms with van der Waals surface area (Å²) in [6, 6.07) is 13.6.